The van der Waals surface area contributed by atoms with E-state index in [1.807, 2.05) is 13.8 Å². The molecular weight excluding hydrogens is 348 g/mol. The van der Waals surface area contributed by atoms with Crippen molar-refractivity contribution in [3.05, 3.63) is 0 Å². The highest BCUT2D eigenvalue weighted by Crippen LogP contribution is 2.63. The molecule has 0 radical (unpaired) electrons. The summed E-state index contributed by atoms with van der Waals surface area (Å²) < 4.78 is 5.44. The fraction of sp³-hybridized carbons (Fsp3) is 0.960. The maximum Gasteiger partial charge on any atom is 0.308 e. The molecule has 0 heterocycles. The molecular formula is C25H46O3. The van der Waals surface area contributed by atoms with Gasteiger partial charge in [0.05, 0.1) is 18.1 Å². The third-order valence-electron chi connectivity index (χ3n) is 8.58. The first-order valence-electron chi connectivity index (χ1n) is 11.8. The van der Waals surface area contributed by atoms with Gasteiger partial charge in [-0.3, -0.25) is 4.79 Å². The zero-order valence-corrected chi connectivity index (χ0v) is 19.6. The van der Waals surface area contributed by atoms with E-state index < -0.39 is 5.60 Å². The molecule has 2 aliphatic carbocycles. The molecule has 3 heteroatoms. The average molecular weight is 395 g/mol. The Kier molecular flexibility index (Phi) is 7.67. The van der Waals surface area contributed by atoms with Gasteiger partial charge in [0, 0.05) is 0 Å². The number of carbonyl (C=O) groups excluding carboxylic acids is 1. The number of hydrogen-bond acceptors (Lipinski definition) is 3. The van der Waals surface area contributed by atoms with Gasteiger partial charge in [-0.15, -0.1) is 0 Å². The molecule has 2 saturated carbocycles. The highest BCUT2D eigenvalue weighted by molar-refractivity contribution is 5.71. The minimum Gasteiger partial charge on any atom is -0.465 e. The second-order valence-corrected chi connectivity index (χ2v) is 11.3. The predicted octanol–water partition coefficient (Wildman–Crippen LogP) is 6.38. The Morgan fingerprint density at radius 1 is 1.11 bits per heavy atom. The van der Waals surface area contributed by atoms with Crippen LogP contribution in [0.4, 0.5) is 0 Å². The van der Waals surface area contributed by atoms with Crippen molar-refractivity contribution in [2.75, 3.05) is 6.61 Å². The zero-order chi connectivity index (χ0) is 21.2. The fourth-order valence-electron chi connectivity index (χ4n) is 6.53. The number of hydrogen-bond donors (Lipinski definition) is 1. The minimum atomic E-state index is -0.554. The van der Waals surface area contributed by atoms with Crippen molar-refractivity contribution >= 4 is 5.97 Å². The van der Waals surface area contributed by atoms with Crippen molar-refractivity contribution in [1.82, 2.24) is 0 Å². The minimum absolute atomic E-state index is 0.000759. The van der Waals surface area contributed by atoms with Crippen LogP contribution in [0.25, 0.3) is 0 Å². The van der Waals surface area contributed by atoms with Gasteiger partial charge >= 0.3 is 5.97 Å². The van der Waals surface area contributed by atoms with Crippen LogP contribution >= 0.6 is 0 Å². The number of esters is 1. The quantitative estimate of drug-likeness (QED) is 0.486. The molecule has 2 rings (SSSR count). The highest BCUT2D eigenvalue weighted by Gasteiger charge is 2.57. The summed E-state index contributed by atoms with van der Waals surface area (Å²) in [5.41, 5.74) is 0.0746. The summed E-state index contributed by atoms with van der Waals surface area (Å²) in [5.74, 6) is 1.53. The molecule has 0 amide bonds. The molecule has 0 aliphatic heterocycles. The molecule has 0 bridgehead atoms. The first-order chi connectivity index (χ1) is 12.9. The third-order valence-corrected chi connectivity index (χ3v) is 8.58. The van der Waals surface area contributed by atoms with E-state index in [0.29, 0.717) is 29.8 Å². The Labute approximate surface area is 174 Å². The van der Waals surface area contributed by atoms with Crippen molar-refractivity contribution in [1.29, 1.82) is 0 Å². The Morgan fingerprint density at radius 2 is 1.79 bits per heavy atom. The lowest BCUT2D eigenvalue weighted by Crippen LogP contribution is -2.57. The van der Waals surface area contributed by atoms with Crippen molar-refractivity contribution < 1.29 is 14.6 Å². The topological polar surface area (TPSA) is 46.5 Å². The number of rotatable bonds is 8. The normalized spacial score (nSPS) is 37.0. The number of carbonyl (C=O) groups is 1. The third kappa shape index (κ3) is 5.12. The molecule has 2 aliphatic rings. The van der Waals surface area contributed by atoms with Gasteiger partial charge in [-0.05, 0) is 80.5 Å². The molecule has 1 N–H and O–H groups in total. The van der Waals surface area contributed by atoms with Crippen molar-refractivity contribution in [2.45, 2.75) is 112 Å². The van der Waals surface area contributed by atoms with Gasteiger partial charge in [-0.25, -0.2) is 0 Å². The van der Waals surface area contributed by atoms with Gasteiger partial charge in [0.2, 0.25) is 0 Å². The van der Waals surface area contributed by atoms with Gasteiger partial charge in [-0.2, -0.15) is 0 Å². The predicted molar refractivity (Wildman–Crippen MR) is 116 cm³/mol. The number of ether oxygens (including phenoxy) is 1. The van der Waals surface area contributed by atoms with Crippen LogP contribution in [-0.2, 0) is 9.53 Å². The smallest absolute Gasteiger partial charge is 0.308 e. The summed E-state index contributed by atoms with van der Waals surface area (Å²) in [4.78, 5) is 11.9. The molecule has 164 valence electrons. The first kappa shape index (κ1) is 23.7. The van der Waals surface area contributed by atoms with E-state index in [9.17, 15) is 9.90 Å². The number of fused-ring (bicyclic) bond motifs is 1. The van der Waals surface area contributed by atoms with Gasteiger partial charge in [-0.1, -0.05) is 54.4 Å². The molecule has 2 unspecified atom stereocenters. The van der Waals surface area contributed by atoms with Crippen LogP contribution < -0.4 is 0 Å². The lowest BCUT2D eigenvalue weighted by molar-refractivity contribution is -0.170. The Bertz CT molecular complexity index is 524. The van der Waals surface area contributed by atoms with Crippen LogP contribution in [0, 0.1) is 34.5 Å². The largest absolute Gasteiger partial charge is 0.465 e. The van der Waals surface area contributed by atoms with Crippen LogP contribution in [-0.4, -0.2) is 23.3 Å². The van der Waals surface area contributed by atoms with E-state index >= 15 is 0 Å². The molecule has 0 aromatic rings. The first-order valence-corrected chi connectivity index (χ1v) is 11.8. The maximum atomic E-state index is 11.9. The molecule has 2 fully saturated rings. The summed E-state index contributed by atoms with van der Waals surface area (Å²) in [5, 5.41) is 11.3. The Hall–Kier alpha value is -0.570. The lowest BCUT2D eigenvalue weighted by atomic mass is 9.45. The molecule has 3 nitrogen and oxygen atoms in total. The van der Waals surface area contributed by atoms with E-state index in [1.54, 1.807) is 0 Å². The second-order valence-electron chi connectivity index (χ2n) is 11.3. The van der Waals surface area contributed by atoms with Crippen molar-refractivity contribution in [2.24, 2.45) is 34.5 Å². The summed E-state index contributed by atoms with van der Waals surface area (Å²) in [6.45, 7) is 16.2. The van der Waals surface area contributed by atoms with Crippen molar-refractivity contribution in [3.8, 4) is 0 Å². The summed E-state index contributed by atoms with van der Waals surface area (Å²) in [6.07, 6.45) is 9.89. The maximum absolute atomic E-state index is 11.9. The standard InChI is InChI=1S/C25H46O3/c1-8-19(3)22(26)28-17-13-18(2)10-11-21-24(6)15-9-14-23(4,5)20(24)12-16-25(21,7)27/h18-21,27H,8-17H2,1-7H3/t18?,19?,20-,21+,24-,25+/m0/s1. The molecule has 0 spiro atoms. The van der Waals surface area contributed by atoms with Crippen LogP contribution in [0.5, 0.6) is 0 Å². The Balaban J connectivity index is 1.94. The van der Waals surface area contributed by atoms with E-state index in [1.165, 1.54) is 19.3 Å². The lowest BCUT2D eigenvalue weighted by Gasteiger charge is -2.61. The average Bonchev–Trinajstić information content (AvgIpc) is 2.58. The summed E-state index contributed by atoms with van der Waals surface area (Å²) >= 11 is 0. The second kappa shape index (κ2) is 9.06. The van der Waals surface area contributed by atoms with E-state index in [2.05, 4.69) is 34.6 Å². The fourth-order valence-corrected chi connectivity index (χ4v) is 6.53. The number of aliphatic hydroxyl groups is 1. The van der Waals surface area contributed by atoms with Gasteiger partial charge in [0.25, 0.3) is 0 Å². The van der Waals surface area contributed by atoms with Gasteiger partial charge in [0.15, 0.2) is 0 Å². The molecule has 28 heavy (non-hydrogen) atoms. The van der Waals surface area contributed by atoms with Gasteiger partial charge in [0.1, 0.15) is 0 Å². The van der Waals surface area contributed by atoms with Crippen LogP contribution in [0.2, 0.25) is 0 Å². The highest BCUT2D eigenvalue weighted by atomic mass is 16.5. The SMILES string of the molecule is CCC(C)C(=O)OCCC(C)CC[C@@H]1[C@@]2(C)CCCC(C)(C)[C@@H]2CC[C@@]1(C)O. The summed E-state index contributed by atoms with van der Waals surface area (Å²) in [6, 6.07) is 0. The molecule has 0 aromatic carbocycles. The van der Waals surface area contributed by atoms with E-state index in [-0.39, 0.29) is 17.3 Å². The van der Waals surface area contributed by atoms with E-state index in [0.717, 1.165) is 38.5 Å². The van der Waals surface area contributed by atoms with Gasteiger partial charge < -0.3 is 9.84 Å². The van der Waals surface area contributed by atoms with Crippen LogP contribution in [0.1, 0.15) is 106 Å². The van der Waals surface area contributed by atoms with Crippen molar-refractivity contribution in [3.63, 3.8) is 0 Å². The van der Waals surface area contributed by atoms with Crippen LogP contribution in [0.15, 0.2) is 0 Å². The molecule has 6 atom stereocenters. The zero-order valence-electron chi connectivity index (χ0n) is 19.6. The van der Waals surface area contributed by atoms with Crippen LogP contribution in [0.3, 0.4) is 0 Å². The summed E-state index contributed by atoms with van der Waals surface area (Å²) in [7, 11) is 0. The van der Waals surface area contributed by atoms with E-state index in [4.69, 9.17) is 4.74 Å². The molecule has 0 aromatic heterocycles. The monoisotopic (exact) mass is 394 g/mol. The molecule has 0 saturated heterocycles. The Morgan fingerprint density at radius 3 is 2.43 bits per heavy atom.